The van der Waals surface area contributed by atoms with Gasteiger partial charge in [-0.1, -0.05) is 77.1 Å². The average Bonchev–Trinajstić information content (AvgIpc) is 3.00. The van der Waals surface area contributed by atoms with E-state index in [9.17, 15) is 32.3 Å². The second-order valence-corrected chi connectivity index (χ2v) is 18.2. The molecule has 9 nitrogen and oxygen atoms in total. The number of benzene rings is 2. The van der Waals surface area contributed by atoms with Crippen LogP contribution in [0.1, 0.15) is 50.5 Å². The minimum absolute atomic E-state index is 0.117. The van der Waals surface area contributed by atoms with Gasteiger partial charge in [-0.3, -0.25) is 19.0 Å². The minimum Gasteiger partial charge on any atom is -0.465 e. The molecule has 0 radical (unpaired) electrons. The Labute approximate surface area is 280 Å². The lowest BCUT2D eigenvalue weighted by atomic mass is 9.98. The van der Waals surface area contributed by atoms with Crippen molar-refractivity contribution in [3.8, 4) is 11.3 Å². The van der Waals surface area contributed by atoms with E-state index in [-0.39, 0.29) is 12.1 Å². The highest BCUT2D eigenvalue weighted by Crippen LogP contribution is 2.41. The van der Waals surface area contributed by atoms with E-state index in [0.29, 0.717) is 22.4 Å². The number of carbonyl (C=O) groups is 3. The van der Waals surface area contributed by atoms with Gasteiger partial charge in [-0.15, -0.1) is 0 Å². The minimum atomic E-state index is -4.77. The third-order valence-electron chi connectivity index (χ3n) is 8.48. The number of ether oxygens (including phenoxy) is 1. The number of rotatable bonds is 12. The molecule has 1 aromatic heterocycles. The van der Waals surface area contributed by atoms with Gasteiger partial charge in [0.2, 0.25) is 11.8 Å². The number of alkyl halides is 3. The fourth-order valence-electron chi connectivity index (χ4n) is 4.75. The highest BCUT2D eigenvalue weighted by Gasteiger charge is 2.52. The molecule has 1 heterocycles. The van der Waals surface area contributed by atoms with Gasteiger partial charge in [0.1, 0.15) is 12.2 Å². The van der Waals surface area contributed by atoms with E-state index < -0.39 is 67.5 Å². The Kier molecular flexibility index (Phi) is 12.2. The molecular weight excluding hydrogens is 643 g/mol. The molecule has 2 atom stereocenters. The third kappa shape index (κ3) is 9.66. The van der Waals surface area contributed by atoms with Gasteiger partial charge >= 0.3 is 12.1 Å². The first-order valence-electron chi connectivity index (χ1n) is 15.6. The zero-order chi connectivity index (χ0) is 36.0. The lowest BCUT2D eigenvalue weighted by Crippen LogP contribution is -2.59. The summed E-state index contributed by atoms with van der Waals surface area (Å²) in [6.07, 6.45) is -7.15. The fraction of sp³-hybridized carbons (Fsp3) is 0.429. The van der Waals surface area contributed by atoms with Crippen molar-refractivity contribution in [1.82, 2.24) is 9.88 Å². The number of nitrogens with zero attached hydrogens (tertiary/aromatic N) is 1. The van der Waals surface area contributed by atoms with Gasteiger partial charge in [0.15, 0.2) is 14.4 Å². The predicted octanol–water partition coefficient (Wildman–Crippen LogP) is 6.58. The van der Waals surface area contributed by atoms with E-state index in [1.165, 1.54) is 25.3 Å². The van der Waals surface area contributed by atoms with Gasteiger partial charge in [0.25, 0.3) is 5.56 Å². The number of halogens is 3. The van der Waals surface area contributed by atoms with Gasteiger partial charge < -0.3 is 19.8 Å². The van der Waals surface area contributed by atoms with Crippen LogP contribution >= 0.6 is 0 Å². The number of esters is 1. The first-order chi connectivity index (χ1) is 22.2. The largest absolute Gasteiger partial charge is 0.465 e. The summed E-state index contributed by atoms with van der Waals surface area (Å²) in [5, 5.41) is 4.58. The third-order valence-corrected chi connectivity index (χ3v) is 12.9. The van der Waals surface area contributed by atoms with Gasteiger partial charge in [-0.2, -0.15) is 13.2 Å². The second-order valence-electron chi connectivity index (χ2n) is 13.5. The zero-order valence-electron chi connectivity index (χ0n) is 28.5. The maximum absolute atomic E-state index is 14.5. The first kappa shape index (κ1) is 38.2. The molecule has 0 aliphatic rings. The van der Waals surface area contributed by atoms with Crippen molar-refractivity contribution in [2.75, 3.05) is 12.4 Å². The molecule has 0 fully saturated rings. The van der Waals surface area contributed by atoms with Crippen molar-refractivity contribution in [2.45, 2.75) is 84.0 Å². The van der Waals surface area contributed by atoms with Crippen LogP contribution in [0.4, 0.5) is 18.9 Å². The molecule has 2 amide bonds. The van der Waals surface area contributed by atoms with Crippen LogP contribution in [0, 0.1) is 5.92 Å². The number of pyridine rings is 1. The molecule has 0 saturated heterocycles. The van der Waals surface area contributed by atoms with E-state index in [1.54, 1.807) is 75.5 Å². The standard InChI is InChI=1S/C35H44F3N3O6Si/c1-22(2)30(31(35(36,37)38)47-48(7,8)34(3,4)5)40-29(43)21-41-27(24-12-10-9-11-13-24)19-18-26(32(41)44)39-28(42)20-23-14-16-25(17-15-23)33(45)46-6/h9-19,22,30-31H,20-21H2,1-8H3,(H,39,42)(H,40,43). The van der Waals surface area contributed by atoms with E-state index in [0.717, 1.165) is 4.57 Å². The Balaban J connectivity index is 1.93. The van der Waals surface area contributed by atoms with Gasteiger partial charge in [0, 0.05) is 0 Å². The number of anilines is 1. The lowest BCUT2D eigenvalue weighted by molar-refractivity contribution is -0.210. The van der Waals surface area contributed by atoms with E-state index in [4.69, 9.17) is 4.43 Å². The molecule has 2 unspecified atom stereocenters. The van der Waals surface area contributed by atoms with Crippen LogP contribution in [0.5, 0.6) is 0 Å². The van der Waals surface area contributed by atoms with Crippen LogP contribution in [-0.4, -0.2) is 56.1 Å². The van der Waals surface area contributed by atoms with Crippen LogP contribution in [0.25, 0.3) is 11.3 Å². The van der Waals surface area contributed by atoms with Crippen molar-refractivity contribution >= 4 is 31.8 Å². The molecule has 0 aliphatic heterocycles. The number of carbonyl (C=O) groups excluding carboxylic acids is 3. The quantitative estimate of drug-likeness (QED) is 0.164. The average molecular weight is 688 g/mol. The summed E-state index contributed by atoms with van der Waals surface area (Å²) in [5.41, 5.74) is 0.964. The molecule has 2 aromatic carbocycles. The number of hydrogen-bond donors (Lipinski definition) is 2. The van der Waals surface area contributed by atoms with Crippen LogP contribution in [-0.2, 0) is 31.7 Å². The number of hydrogen-bond acceptors (Lipinski definition) is 6. The summed E-state index contributed by atoms with van der Waals surface area (Å²) in [7, 11) is -1.66. The molecule has 260 valence electrons. The van der Waals surface area contributed by atoms with E-state index in [1.807, 2.05) is 20.8 Å². The van der Waals surface area contributed by atoms with Crippen LogP contribution in [0.3, 0.4) is 0 Å². The van der Waals surface area contributed by atoms with Crippen LogP contribution < -0.4 is 16.2 Å². The molecular formula is C35H44F3N3O6Si. The summed E-state index contributed by atoms with van der Waals surface area (Å²) in [4.78, 5) is 51.9. The molecule has 0 aliphatic carbocycles. The van der Waals surface area contributed by atoms with Crippen molar-refractivity contribution in [3.05, 3.63) is 88.2 Å². The predicted molar refractivity (Wildman–Crippen MR) is 181 cm³/mol. The van der Waals surface area contributed by atoms with Crippen molar-refractivity contribution < 1.29 is 36.7 Å². The molecule has 48 heavy (non-hydrogen) atoms. The number of nitrogens with one attached hydrogen (secondary N) is 2. The number of amides is 2. The maximum Gasteiger partial charge on any atom is 0.415 e. The topological polar surface area (TPSA) is 116 Å². The summed E-state index contributed by atoms with van der Waals surface area (Å²) in [6.45, 7) is 11.5. The SMILES string of the molecule is COC(=O)c1ccc(CC(=O)Nc2ccc(-c3ccccc3)n(CC(=O)NC(C(C)C)C(O[Si](C)(C)C(C)(C)C)C(F)(F)F)c2=O)cc1. The van der Waals surface area contributed by atoms with Crippen molar-refractivity contribution in [2.24, 2.45) is 5.92 Å². The highest BCUT2D eigenvalue weighted by molar-refractivity contribution is 6.74. The summed E-state index contributed by atoms with van der Waals surface area (Å²) < 4.78 is 55.2. The Morgan fingerprint density at radius 1 is 0.896 bits per heavy atom. The fourth-order valence-corrected chi connectivity index (χ4v) is 6.02. The van der Waals surface area contributed by atoms with Gasteiger partial charge in [0.05, 0.1) is 30.8 Å². The molecule has 0 saturated carbocycles. The normalized spacial score (nSPS) is 13.5. The molecule has 0 spiro atoms. The number of methoxy groups -OCH3 is 1. The highest BCUT2D eigenvalue weighted by atomic mass is 28.4. The van der Waals surface area contributed by atoms with Gasteiger partial charge in [-0.05, 0) is 59.4 Å². The molecule has 3 rings (SSSR count). The summed E-state index contributed by atoms with van der Waals surface area (Å²) >= 11 is 0. The molecule has 0 bridgehead atoms. The molecule has 2 N–H and O–H groups in total. The first-order valence-corrected chi connectivity index (χ1v) is 18.5. The Bertz CT molecular complexity index is 1650. The Morgan fingerprint density at radius 3 is 2.02 bits per heavy atom. The molecule has 13 heteroatoms. The zero-order valence-corrected chi connectivity index (χ0v) is 29.5. The van der Waals surface area contributed by atoms with E-state index in [2.05, 4.69) is 15.4 Å². The smallest absolute Gasteiger partial charge is 0.415 e. The van der Waals surface area contributed by atoms with Crippen molar-refractivity contribution in [3.63, 3.8) is 0 Å². The summed E-state index contributed by atoms with van der Waals surface area (Å²) in [5.74, 6) is -2.54. The van der Waals surface area contributed by atoms with E-state index >= 15 is 0 Å². The lowest BCUT2D eigenvalue weighted by Gasteiger charge is -2.42. The maximum atomic E-state index is 14.5. The van der Waals surface area contributed by atoms with Crippen LogP contribution in [0.15, 0.2) is 71.5 Å². The monoisotopic (exact) mass is 687 g/mol. The Hall–Kier alpha value is -4.23. The molecule has 3 aromatic rings. The number of aromatic nitrogens is 1. The Morgan fingerprint density at radius 2 is 1.50 bits per heavy atom. The van der Waals surface area contributed by atoms with Crippen LogP contribution in [0.2, 0.25) is 18.1 Å². The van der Waals surface area contributed by atoms with Crippen molar-refractivity contribution in [1.29, 1.82) is 0 Å². The van der Waals surface area contributed by atoms with Gasteiger partial charge in [-0.25, -0.2) is 4.79 Å². The second kappa shape index (κ2) is 15.3. The summed E-state index contributed by atoms with van der Waals surface area (Å²) in [6, 6.07) is 16.4.